The maximum absolute atomic E-state index is 6.01. The number of anilines is 3. The van der Waals surface area contributed by atoms with E-state index < -0.39 is 0 Å². The molecular formula is C20H21ClN4. The highest BCUT2D eigenvalue weighted by Gasteiger charge is 2.05. The molecule has 2 aromatic carbocycles. The number of rotatable bonds is 5. The van der Waals surface area contributed by atoms with E-state index in [1.807, 2.05) is 38.1 Å². The molecule has 5 heteroatoms. The van der Waals surface area contributed by atoms with Gasteiger partial charge in [0, 0.05) is 29.0 Å². The molecule has 0 saturated heterocycles. The van der Waals surface area contributed by atoms with Crippen molar-refractivity contribution in [1.82, 2.24) is 9.97 Å². The van der Waals surface area contributed by atoms with Gasteiger partial charge in [0.15, 0.2) is 0 Å². The summed E-state index contributed by atoms with van der Waals surface area (Å²) in [5.41, 5.74) is 5.36. The first-order chi connectivity index (χ1) is 12.0. The second kappa shape index (κ2) is 7.53. The fraction of sp³-hybridized carbons (Fsp3) is 0.200. The van der Waals surface area contributed by atoms with Crippen molar-refractivity contribution in [3.63, 3.8) is 0 Å². The van der Waals surface area contributed by atoms with E-state index >= 15 is 0 Å². The lowest BCUT2D eigenvalue weighted by Gasteiger charge is -2.12. The summed E-state index contributed by atoms with van der Waals surface area (Å²) >= 11 is 6.01. The molecule has 0 bridgehead atoms. The van der Waals surface area contributed by atoms with Crippen molar-refractivity contribution < 1.29 is 0 Å². The number of nitrogens with one attached hydrogen (secondary N) is 2. The van der Waals surface area contributed by atoms with Gasteiger partial charge in [-0.15, -0.1) is 0 Å². The Labute approximate surface area is 153 Å². The minimum Gasteiger partial charge on any atom is -0.366 e. The number of aryl methyl sites for hydroxylation is 3. The molecule has 0 aliphatic carbocycles. The van der Waals surface area contributed by atoms with Gasteiger partial charge < -0.3 is 10.6 Å². The lowest BCUT2D eigenvalue weighted by atomic mass is 10.1. The van der Waals surface area contributed by atoms with Crippen LogP contribution >= 0.6 is 11.6 Å². The van der Waals surface area contributed by atoms with Crippen molar-refractivity contribution in [2.45, 2.75) is 27.3 Å². The number of hydrogen-bond donors (Lipinski definition) is 2. The third kappa shape index (κ3) is 4.70. The number of hydrogen-bond acceptors (Lipinski definition) is 4. The molecule has 1 aromatic heterocycles. The van der Waals surface area contributed by atoms with Crippen LogP contribution in [0.25, 0.3) is 0 Å². The van der Waals surface area contributed by atoms with Gasteiger partial charge >= 0.3 is 0 Å². The van der Waals surface area contributed by atoms with Crippen LogP contribution in [0.5, 0.6) is 0 Å². The predicted molar refractivity (Wildman–Crippen MR) is 105 cm³/mol. The van der Waals surface area contributed by atoms with Gasteiger partial charge in [0.25, 0.3) is 0 Å². The highest BCUT2D eigenvalue weighted by atomic mass is 35.5. The van der Waals surface area contributed by atoms with Crippen molar-refractivity contribution in [3.8, 4) is 0 Å². The normalized spacial score (nSPS) is 10.6. The van der Waals surface area contributed by atoms with E-state index in [9.17, 15) is 0 Å². The highest BCUT2D eigenvalue weighted by molar-refractivity contribution is 6.30. The zero-order valence-electron chi connectivity index (χ0n) is 14.6. The molecule has 0 spiro atoms. The van der Waals surface area contributed by atoms with Gasteiger partial charge in [-0.2, -0.15) is 4.98 Å². The Balaban J connectivity index is 1.74. The minimum absolute atomic E-state index is 0.567. The second-order valence-electron chi connectivity index (χ2n) is 6.14. The van der Waals surface area contributed by atoms with Crippen molar-refractivity contribution in [3.05, 3.63) is 75.9 Å². The van der Waals surface area contributed by atoms with Crippen molar-refractivity contribution in [2.24, 2.45) is 0 Å². The van der Waals surface area contributed by atoms with E-state index in [4.69, 9.17) is 11.6 Å². The molecule has 0 unspecified atom stereocenters. The van der Waals surface area contributed by atoms with Gasteiger partial charge in [-0.25, -0.2) is 4.98 Å². The van der Waals surface area contributed by atoms with Gasteiger partial charge in [0.2, 0.25) is 5.95 Å². The van der Waals surface area contributed by atoms with Crippen molar-refractivity contribution in [2.75, 3.05) is 10.6 Å². The molecule has 128 valence electrons. The van der Waals surface area contributed by atoms with E-state index in [2.05, 4.69) is 51.8 Å². The fourth-order valence-corrected chi connectivity index (χ4v) is 2.73. The number of aromatic nitrogens is 2. The van der Waals surface area contributed by atoms with Gasteiger partial charge in [-0.3, -0.25) is 0 Å². The van der Waals surface area contributed by atoms with Crippen LogP contribution in [0, 0.1) is 20.8 Å². The molecule has 3 rings (SSSR count). The monoisotopic (exact) mass is 352 g/mol. The van der Waals surface area contributed by atoms with Gasteiger partial charge in [0.05, 0.1) is 0 Å². The maximum atomic E-state index is 6.01. The molecule has 0 saturated carbocycles. The van der Waals surface area contributed by atoms with Crippen molar-refractivity contribution in [1.29, 1.82) is 0 Å². The molecule has 0 aliphatic heterocycles. The second-order valence-corrected chi connectivity index (χ2v) is 6.58. The number of benzene rings is 2. The molecular weight excluding hydrogens is 332 g/mol. The summed E-state index contributed by atoms with van der Waals surface area (Å²) in [6.45, 7) is 6.76. The largest absolute Gasteiger partial charge is 0.366 e. The summed E-state index contributed by atoms with van der Waals surface area (Å²) in [7, 11) is 0. The molecule has 4 nitrogen and oxygen atoms in total. The predicted octanol–water partition coefficient (Wildman–Crippen LogP) is 5.41. The SMILES string of the molecule is Cc1ccc(CNc2cc(C)nc(Nc3ccc(Cl)cc3C)n2)cc1. The number of nitrogens with zero attached hydrogens (tertiary/aromatic N) is 2. The van der Waals surface area contributed by atoms with E-state index in [1.54, 1.807) is 0 Å². The quantitative estimate of drug-likeness (QED) is 0.644. The smallest absolute Gasteiger partial charge is 0.229 e. The van der Waals surface area contributed by atoms with Gasteiger partial charge in [0.1, 0.15) is 5.82 Å². The van der Waals surface area contributed by atoms with Crippen LogP contribution in [0.4, 0.5) is 17.5 Å². The first kappa shape index (κ1) is 17.2. The molecule has 2 N–H and O–H groups in total. The van der Waals surface area contributed by atoms with Crippen LogP contribution in [0.15, 0.2) is 48.5 Å². The summed E-state index contributed by atoms with van der Waals surface area (Å²) in [4.78, 5) is 9.02. The van der Waals surface area contributed by atoms with Crippen molar-refractivity contribution >= 4 is 29.1 Å². The van der Waals surface area contributed by atoms with Crippen LogP contribution in [0.1, 0.15) is 22.4 Å². The standard InChI is InChI=1S/C20H21ClN4/c1-13-4-6-16(7-5-13)12-22-19-11-15(3)23-20(25-19)24-18-9-8-17(21)10-14(18)2/h4-11H,12H2,1-3H3,(H2,22,23,24,25). The van der Waals surface area contributed by atoms with E-state index in [-0.39, 0.29) is 0 Å². The maximum Gasteiger partial charge on any atom is 0.229 e. The van der Waals surface area contributed by atoms with Crippen LogP contribution in [-0.4, -0.2) is 9.97 Å². The summed E-state index contributed by atoms with van der Waals surface area (Å²) in [5, 5.41) is 7.34. The molecule has 0 radical (unpaired) electrons. The van der Waals surface area contributed by atoms with E-state index in [1.165, 1.54) is 11.1 Å². The molecule has 0 atom stereocenters. The average Bonchev–Trinajstić information content (AvgIpc) is 2.56. The van der Waals surface area contributed by atoms with Crippen LogP contribution in [0.2, 0.25) is 5.02 Å². The first-order valence-corrected chi connectivity index (χ1v) is 8.56. The van der Waals surface area contributed by atoms with Crippen LogP contribution < -0.4 is 10.6 Å². The van der Waals surface area contributed by atoms with Gasteiger partial charge in [-0.05, 0) is 50.1 Å². The first-order valence-electron chi connectivity index (χ1n) is 8.18. The number of halogens is 1. The molecule has 25 heavy (non-hydrogen) atoms. The Hall–Kier alpha value is -2.59. The summed E-state index contributed by atoms with van der Waals surface area (Å²) in [6.07, 6.45) is 0. The summed E-state index contributed by atoms with van der Waals surface area (Å²) in [6, 6.07) is 16.1. The lowest BCUT2D eigenvalue weighted by molar-refractivity contribution is 1.06. The van der Waals surface area contributed by atoms with E-state index in [0.29, 0.717) is 11.0 Å². The van der Waals surface area contributed by atoms with Gasteiger partial charge in [-0.1, -0.05) is 41.4 Å². The van der Waals surface area contributed by atoms with E-state index in [0.717, 1.165) is 29.3 Å². The Morgan fingerprint density at radius 2 is 1.68 bits per heavy atom. The van der Waals surface area contributed by atoms with Crippen LogP contribution in [0.3, 0.4) is 0 Å². The Bertz CT molecular complexity index is 875. The Kier molecular flexibility index (Phi) is 5.19. The topological polar surface area (TPSA) is 49.8 Å². The lowest BCUT2D eigenvalue weighted by Crippen LogP contribution is -2.06. The van der Waals surface area contributed by atoms with Crippen LogP contribution in [-0.2, 0) is 6.54 Å². The fourth-order valence-electron chi connectivity index (χ4n) is 2.50. The third-order valence-electron chi connectivity index (χ3n) is 3.88. The molecule has 0 aliphatic rings. The molecule has 0 fully saturated rings. The molecule has 3 aromatic rings. The summed E-state index contributed by atoms with van der Waals surface area (Å²) < 4.78 is 0. The summed E-state index contributed by atoms with van der Waals surface area (Å²) in [5.74, 6) is 1.36. The minimum atomic E-state index is 0.567. The Morgan fingerprint density at radius 3 is 2.40 bits per heavy atom. The highest BCUT2D eigenvalue weighted by Crippen LogP contribution is 2.23. The molecule has 1 heterocycles. The zero-order chi connectivity index (χ0) is 17.8. The Morgan fingerprint density at radius 1 is 0.920 bits per heavy atom. The third-order valence-corrected chi connectivity index (χ3v) is 4.12. The molecule has 0 amide bonds. The average molecular weight is 353 g/mol. The zero-order valence-corrected chi connectivity index (χ0v) is 15.4.